The number of carbonyl (C=O) groups excluding carboxylic acids is 1. The molecule has 0 saturated heterocycles. The van der Waals surface area contributed by atoms with Crippen molar-refractivity contribution in [1.82, 2.24) is 20.2 Å². The molecule has 0 spiro atoms. The van der Waals surface area contributed by atoms with Crippen LogP contribution in [0.2, 0.25) is 5.02 Å². The average molecular weight is 537 g/mol. The van der Waals surface area contributed by atoms with E-state index in [0.717, 1.165) is 17.0 Å². The number of carbonyl (C=O) groups is 1. The molecular weight excluding hydrogens is 516 g/mol. The summed E-state index contributed by atoms with van der Waals surface area (Å²) in [6, 6.07) is 20.8. The Morgan fingerprint density at radius 1 is 1.14 bits per heavy atom. The molecule has 1 aromatic heterocycles. The van der Waals surface area contributed by atoms with Crippen LogP contribution < -0.4 is 10.2 Å². The molecule has 1 heterocycles. The van der Waals surface area contributed by atoms with Gasteiger partial charge in [0, 0.05) is 22.3 Å². The van der Waals surface area contributed by atoms with Crippen LogP contribution in [0.1, 0.15) is 12.5 Å². The van der Waals surface area contributed by atoms with Crippen molar-refractivity contribution < 1.29 is 14.5 Å². The van der Waals surface area contributed by atoms with Crippen molar-refractivity contribution in [2.24, 2.45) is 5.10 Å². The van der Waals surface area contributed by atoms with Gasteiger partial charge in [-0.3, -0.25) is 19.5 Å². The summed E-state index contributed by atoms with van der Waals surface area (Å²) < 4.78 is 7.38. The predicted octanol–water partition coefficient (Wildman–Crippen LogP) is 5.14. The molecule has 4 aromatic rings. The molecule has 0 aliphatic carbocycles. The van der Waals surface area contributed by atoms with Crippen LogP contribution in [-0.2, 0) is 4.79 Å². The average Bonchev–Trinajstić information content (AvgIpc) is 3.32. The van der Waals surface area contributed by atoms with E-state index in [2.05, 4.69) is 20.7 Å². The second-order valence-electron chi connectivity index (χ2n) is 7.47. The van der Waals surface area contributed by atoms with Gasteiger partial charge in [-0.2, -0.15) is 5.10 Å². The summed E-state index contributed by atoms with van der Waals surface area (Å²) in [7, 11) is 0. The highest BCUT2D eigenvalue weighted by Gasteiger charge is 2.18. The normalized spacial score (nSPS) is 11.0. The number of para-hydroxylation sites is 1. The highest BCUT2D eigenvalue weighted by molar-refractivity contribution is 7.99. The summed E-state index contributed by atoms with van der Waals surface area (Å²) in [5.41, 5.74) is 4.16. The van der Waals surface area contributed by atoms with E-state index in [-0.39, 0.29) is 17.0 Å². The highest BCUT2D eigenvalue weighted by atomic mass is 35.5. The van der Waals surface area contributed by atoms with Crippen molar-refractivity contribution in [2.45, 2.75) is 12.1 Å². The molecule has 37 heavy (non-hydrogen) atoms. The quantitative estimate of drug-likeness (QED) is 0.129. The molecule has 1 N–H and O–H groups in total. The van der Waals surface area contributed by atoms with Crippen molar-refractivity contribution in [1.29, 1.82) is 0 Å². The molecule has 0 saturated carbocycles. The molecule has 12 heteroatoms. The zero-order valence-electron chi connectivity index (χ0n) is 19.6. The van der Waals surface area contributed by atoms with Crippen LogP contribution in [0.15, 0.2) is 83.1 Å². The number of ether oxygens (including phenoxy) is 1. The lowest BCUT2D eigenvalue weighted by Gasteiger charge is -2.11. The summed E-state index contributed by atoms with van der Waals surface area (Å²) in [5, 5.41) is 24.7. The number of aromatic nitrogens is 3. The third-order valence-corrected chi connectivity index (χ3v) is 6.18. The molecule has 0 aliphatic rings. The summed E-state index contributed by atoms with van der Waals surface area (Å²) in [4.78, 5) is 23.1. The number of nitrogens with zero attached hydrogens (tertiary/aromatic N) is 5. The summed E-state index contributed by atoms with van der Waals surface area (Å²) in [6.45, 7) is 2.47. The second-order valence-corrected chi connectivity index (χ2v) is 8.85. The van der Waals surface area contributed by atoms with Crippen LogP contribution in [0.5, 0.6) is 5.75 Å². The van der Waals surface area contributed by atoms with E-state index in [0.29, 0.717) is 22.6 Å². The van der Waals surface area contributed by atoms with Gasteiger partial charge in [0.1, 0.15) is 5.75 Å². The smallest absolute Gasteiger partial charge is 0.278 e. The fourth-order valence-electron chi connectivity index (χ4n) is 3.34. The van der Waals surface area contributed by atoms with Gasteiger partial charge >= 0.3 is 0 Å². The van der Waals surface area contributed by atoms with Gasteiger partial charge in [0.15, 0.2) is 11.0 Å². The highest BCUT2D eigenvalue weighted by Crippen LogP contribution is 2.29. The lowest BCUT2D eigenvalue weighted by atomic mass is 10.2. The zero-order chi connectivity index (χ0) is 26.2. The minimum Gasteiger partial charge on any atom is -0.494 e. The van der Waals surface area contributed by atoms with Gasteiger partial charge < -0.3 is 4.74 Å². The van der Waals surface area contributed by atoms with Gasteiger partial charge in [-0.05, 0) is 61.5 Å². The number of halogens is 1. The van der Waals surface area contributed by atoms with Crippen molar-refractivity contribution in [3.8, 4) is 22.8 Å². The van der Waals surface area contributed by atoms with E-state index in [1.807, 2.05) is 47.9 Å². The van der Waals surface area contributed by atoms with Crippen LogP contribution in [0, 0.1) is 10.1 Å². The predicted molar refractivity (Wildman–Crippen MR) is 143 cm³/mol. The van der Waals surface area contributed by atoms with Crippen LogP contribution in [0.3, 0.4) is 0 Å². The van der Waals surface area contributed by atoms with Crippen molar-refractivity contribution in [2.75, 3.05) is 12.4 Å². The molecule has 4 rings (SSSR count). The Hall–Kier alpha value is -4.22. The summed E-state index contributed by atoms with van der Waals surface area (Å²) in [5.74, 6) is 0.897. The van der Waals surface area contributed by atoms with E-state index in [1.54, 1.807) is 30.3 Å². The number of hydrogen-bond donors (Lipinski definition) is 1. The number of amides is 1. The van der Waals surface area contributed by atoms with E-state index in [4.69, 9.17) is 16.3 Å². The van der Waals surface area contributed by atoms with E-state index < -0.39 is 10.8 Å². The van der Waals surface area contributed by atoms with Crippen molar-refractivity contribution >= 4 is 41.2 Å². The zero-order valence-corrected chi connectivity index (χ0v) is 21.1. The van der Waals surface area contributed by atoms with Crippen molar-refractivity contribution in [3.05, 3.63) is 93.5 Å². The largest absolute Gasteiger partial charge is 0.494 e. The number of benzene rings is 3. The number of rotatable bonds is 10. The number of nitro groups is 1. The third kappa shape index (κ3) is 6.51. The molecule has 0 unspecified atom stereocenters. The van der Waals surface area contributed by atoms with Gasteiger partial charge in [-0.25, -0.2) is 5.43 Å². The maximum atomic E-state index is 12.4. The molecule has 1 amide bonds. The van der Waals surface area contributed by atoms with Crippen LogP contribution in [0.25, 0.3) is 17.1 Å². The maximum Gasteiger partial charge on any atom is 0.278 e. The number of hydrogen-bond acceptors (Lipinski definition) is 8. The first-order chi connectivity index (χ1) is 18.0. The molecule has 3 aromatic carbocycles. The summed E-state index contributed by atoms with van der Waals surface area (Å²) in [6.07, 6.45) is 1.24. The second kappa shape index (κ2) is 12.2. The first-order valence-corrected chi connectivity index (χ1v) is 12.5. The van der Waals surface area contributed by atoms with Crippen LogP contribution >= 0.6 is 23.4 Å². The van der Waals surface area contributed by atoms with Gasteiger partial charge in [0.05, 0.1) is 29.1 Å². The SMILES string of the molecule is CCOc1ccc(-n2c(SCC(=O)NN=Cc3ccccc3[N+](=O)[O-])nnc2-c2ccc(Cl)cc2)cc1. The van der Waals surface area contributed by atoms with Gasteiger partial charge in [-0.1, -0.05) is 35.5 Å². The molecule has 0 aliphatic heterocycles. The molecular formula is C25H21ClN6O4S. The first-order valence-electron chi connectivity index (χ1n) is 11.1. The molecule has 10 nitrogen and oxygen atoms in total. The molecule has 0 atom stereocenters. The van der Waals surface area contributed by atoms with Crippen molar-refractivity contribution in [3.63, 3.8) is 0 Å². The molecule has 188 valence electrons. The Morgan fingerprint density at radius 2 is 1.86 bits per heavy atom. The van der Waals surface area contributed by atoms with E-state index in [9.17, 15) is 14.9 Å². The fourth-order valence-corrected chi connectivity index (χ4v) is 4.21. The maximum absolute atomic E-state index is 12.4. The monoisotopic (exact) mass is 536 g/mol. The standard InChI is InChI=1S/C25H21ClN6O4S/c1-2-36-21-13-11-20(12-14-21)31-24(17-7-9-19(26)10-8-17)29-30-25(31)37-16-23(33)28-27-15-18-5-3-4-6-22(18)32(34)35/h3-15H,2,16H2,1H3,(H,28,33). The number of hydrazone groups is 1. The van der Waals surface area contributed by atoms with E-state index >= 15 is 0 Å². The molecule has 0 bridgehead atoms. The number of nitrogens with one attached hydrogen (secondary N) is 1. The first kappa shape index (κ1) is 25.9. The minimum atomic E-state index is -0.509. The molecule has 0 fully saturated rings. The summed E-state index contributed by atoms with van der Waals surface area (Å²) >= 11 is 7.22. The Morgan fingerprint density at radius 3 is 2.57 bits per heavy atom. The van der Waals surface area contributed by atoms with Crippen LogP contribution in [0.4, 0.5) is 5.69 Å². The Labute approximate surface area is 221 Å². The fraction of sp³-hybridized carbons (Fsp3) is 0.120. The molecule has 0 radical (unpaired) electrons. The topological polar surface area (TPSA) is 125 Å². The van der Waals surface area contributed by atoms with E-state index in [1.165, 1.54) is 24.0 Å². The van der Waals surface area contributed by atoms with Crippen LogP contribution in [-0.4, -0.2) is 44.2 Å². The van der Waals surface area contributed by atoms with Gasteiger partial charge in [0.25, 0.3) is 11.6 Å². The number of thioether (sulfide) groups is 1. The number of nitro benzene ring substituents is 1. The lowest BCUT2D eigenvalue weighted by Crippen LogP contribution is -2.20. The lowest BCUT2D eigenvalue weighted by molar-refractivity contribution is -0.385. The minimum absolute atomic E-state index is 0.00992. The Bertz CT molecular complexity index is 1420. The Balaban J connectivity index is 1.52. The Kier molecular flexibility index (Phi) is 8.49. The van der Waals surface area contributed by atoms with Gasteiger partial charge in [-0.15, -0.1) is 10.2 Å². The third-order valence-electron chi connectivity index (χ3n) is 5.00. The van der Waals surface area contributed by atoms with Gasteiger partial charge in [0.2, 0.25) is 0 Å².